The number of nitrogens with one attached hydrogen (secondary N) is 2. The molecule has 0 bridgehead atoms. The van der Waals surface area contributed by atoms with E-state index in [4.69, 9.17) is 5.73 Å². The fraction of sp³-hybridized carbons (Fsp3) is 0.350. The molecule has 0 saturated heterocycles. The minimum absolute atomic E-state index is 0. The summed E-state index contributed by atoms with van der Waals surface area (Å²) in [5.41, 5.74) is 8.14. The van der Waals surface area contributed by atoms with Gasteiger partial charge in [0.15, 0.2) is 0 Å². The van der Waals surface area contributed by atoms with Crippen molar-refractivity contribution >= 4 is 34.0 Å². The molecule has 0 aliphatic carbocycles. The van der Waals surface area contributed by atoms with E-state index < -0.39 is 10.0 Å². The Bertz CT molecular complexity index is 869. The van der Waals surface area contributed by atoms with Crippen molar-refractivity contribution in [2.75, 3.05) is 18.4 Å². The van der Waals surface area contributed by atoms with E-state index in [2.05, 4.69) is 36.0 Å². The average molecular weight is 426 g/mol. The maximum Gasteiger partial charge on any atom is 0.240 e. The topological polar surface area (TPSA) is 101 Å². The number of hydrogen-bond acceptors (Lipinski definition) is 4. The Morgan fingerprint density at radius 2 is 1.79 bits per heavy atom. The zero-order valence-electron chi connectivity index (χ0n) is 16.1. The number of hydrogen-bond donors (Lipinski definition) is 3. The van der Waals surface area contributed by atoms with Gasteiger partial charge in [-0.1, -0.05) is 44.2 Å². The van der Waals surface area contributed by atoms with Crippen molar-refractivity contribution in [1.82, 2.24) is 4.72 Å². The Labute approximate surface area is 173 Å². The van der Waals surface area contributed by atoms with E-state index in [9.17, 15) is 13.2 Å². The number of rotatable bonds is 9. The van der Waals surface area contributed by atoms with Gasteiger partial charge in [-0.05, 0) is 41.7 Å². The molecule has 2 rings (SSSR count). The number of sulfonamides is 1. The second-order valence-electron chi connectivity index (χ2n) is 6.66. The molecule has 0 atom stereocenters. The lowest BCUT2D eigenvalue weighted by atomic mass is 10.0. The van der Waals surface area contributed by atoms with Gasteiger partial charge in [0.1, 0.15) is 0 Å². The molecule has 0 fully saturated rings. The van der Waals surface area contributed by atoms with Gasteiger partial charge < -0.3 is 11.1 Å². The molecule has 0 heterocycles. The van der Waals surface area contributed by atoms with Crippen molar-refractivity contribution in [1.29, 1.82) is 0 Å². The van der Waals surface area contributed by atoms with Crippen LogP contribution in [-0.2, 0) is 21.2 Å². The van der Waals surface area contributed by atoms with Gasteiger partial charge >= 0.3 is 0 Å². The third-order valence-electron chi connectivity index (χ3n) is 4.15. The van der Waals surface area contributed by atoms with Gasteiger partial charge in [-0.3, -0.25) is 4.79 Å². The first-order valence-electron chi connectivity index (χ1n) is 9.00. The van der Waals surface area contributed by atoms with Gasteiger partial charge in [-0.25, -0.2) is 13.1 Å². The lowest BCUT2D eigenvalue weighted by Crippen LogP contribution is -2.29. The average Bonchev–Trinajstić information content (AvgIpc) is 2.65. The molecule has 0 aliphatic rings. The van der Waals surface area contributed by atoms with Gasteiger partial charge in [0, 0.05) is 25.2 Å². The second-order valence-corrected chi connectivity index (χ2v) is 8.43. The predicted molar refractivity (Wildman–Crippen MR) is 115 cm³/mol. The highest BCUT2D eigenvalue weighted by Crippen LogP contribution is 2.17. The Morgan fingerprint density at radius 1 is 1.11 bits per heavy atom. The molecule has 0 aromatic heterocycles. The van der Waals surface area contributed by atoms with Crippen LogP contribution in [-0.4, -0.2) is 27.4 Å². The van der Waals surface area contributed by atoms with Crippen molar-refractivity contribution in [3.63, 3.8) is 0 Å². The van der Waals surface area contributed by atoms with Gasteiger partial charge in [0.25, 0.3) is 0 Å². The molecule has 154 valence electrons. The zero-order valence-corrected chi connectivity index (χ0v) is 17.8. The lowest BCUT2D eigenvalue weighted by molar-refractivity contribution is -0.116. The molecule has 2 aromatic carbocycles. The van der Waals surface area contributed by atoms with Crippen LogP contribution in [0.1, 0.15) is 37.3 Å². The molecule has 28 heavy (non-hydrogen) atoms. The normalized spacial score (nSPS) is 11.1. The van der Waals surface area contributed by atoms with Crippen LogP contribution in [0.2, 0.25) is 0 Å². The summed E-state index contributed by atoms with van der Waals surface area (Å²) in [4.78, 5) is 12.3. The summed E-state index contributed by atoms with van der Waals surface area (Å²) in [5.74, 6) is 0.317. The first kappa shape index (κ1) is 24.1. The molecular formula is C20H28ClN3O3S. The van der Waals surface area contributed by atoms with Crippen LogP contribution >= 0.6 is 12.4 Å². The maximum atomic E-state index is 12.2. The highest BCUT2D eigenvalue weighted by molar-refractivity contribution is 7.89. The van der Waals surface area contributed by atoms with Crippen molar-refractivity contribution in [2.45, 2.75) is 37.5 Å². The zero-order chi connectivity index (χ0) is 19.9. The first-order chi connectivity index (χ1) is 12.8. The van der Waals surface area contributed by atoms with E-state index >= 15 is 0 Å². The standard InChI is InChI=1S/C20H27N3O3S.ClH/c1-15(2)17-9-6-16(7-10-17)8-11-20(24)23-18-4-3-5-19(14-18)27(25,26)22-13-12-21;/h3-7,9-10,14-15,22H,8,11-13,21H2,1-2H3,(H,23,24);1H. The smallest absolute Gasteiger partial charge is 0.240 e. The number of benzene rings is 2. The fourth-order valence-electron chi connectivity index (χ4n) is 2.57. The lowest BCUT2D eigenvalue weighted by Gasteiger charge is -2.10. The van der Waals surface area contributed by atoms with E-state index in [1.807, 2.05) is 12.1 Å². The predicted octanol–water partition coefficient (Wildman–Crippen LogP) is 3.04. The van der Waals surface area contributed by atoms with E-state index in [1.165, 1.54) is 17.7 Å². The summed E-state index contributed by atoms with van der Waals surface area (Å²) in [6.07, 6.45) is 0.948. The molecular weight excluding hydrogens is 398 g/mol. The number of halogens is 1. The molecule has 8 heteroatoms. The number of carbonyl (C=O) groups is 1. The quantitative estimate of drug-likeness (QED) is 0.574. The van der Waals surface area contributed by atoms with E-state index in [1.54, 1.807) is 12.1 Å². The number of anilines is 1. The molecule has 0 saturated carbocycles. The van der Waals surface area contributed by atoms with Crippen molar-refractivity contribution in [2.24, 2.45) is 5.73 Å². The highest BCUT2D eigenvalue weighted by atomic mass is 35.5. The van der Waals surface area contributed by atoms with E-state index in [0.717, 1.165) is 5.56 Å². The van der Waals surface area contributed by atoms with Crippen LogP contribution in [0.5, 0.6) is 0 Å². The fourth-order valence-corrected chi connectivity index (χ4v) is 3.66. The third kappa shape index (κ3) is 7.24. The van der Waals surface area contributed by atoms with Crippen molar-refractivity contribution in [3.8, 4) is 0 Å². The molecule has 0 radical (unpaired) electrons. The van der Waals surface area contributed by atoms with Gasteiger partial charge in [0.2, 0.25) is 15.9 Å². The molecule has 4 N–H and O–H groups in total. The van der Waals surface area contributed by atoms with Crippen LogP contribution in [0.4, 0.5) is 5.69 Å². The Morgan fingerprint density at radius 3 is 2.39 bits per heavy atom. The first-order valence-corrected chi connectivity index (χ1v) is 10.5. The minimum atomic E-state index is -3.63. The number of nitrogens with two attached hydrogens (primary N) is 1. The third-order valence-corrected chi connectivity index (χ3v) is 5.61. The Balaban J connectivity index is 0.00000392. The maximum absolute atomic E-state index is 12.2. The van der Waals surface area contributed by atoms with Crippen molar-refractivity contribution < 1.29 is 13.2 Å². The van der Waals surface area contributed by atoms with Gasteiger partial charge in [-0.2, -0.15) is 0 Å². The Kier molecular flexibility index (Phi) is 9.61. The molecule has 2 aromatic rings. The largest absolute Gasteiger partial charge is 0.329 e. The van der Waals surface area contributed by atoms with Crippen LogP contribution in [0.15, 0.2) is 53.4 Å². The number of amides is 1. The van der Waals surface area contributed by atoms with Crippen molar-refractivity contribution in [3.05, 3.63) is 59.7 Å². The SMILES string of the molecule is CC(C)c1ccc(CCC(=O)Nc2cccc(S(=O)(=O)NCCN)c2)cc1.Cl. The second kappa shape index (κ2) is 11.2. The molecule has 1 amide bonds. The molecule has 0 spiro atoms. The minimum Gasteiger partial charge on any atom is -0.329 e. The van der Waals surface area contributed by atoms with Crippen LogP contribution < -0.4 is 15.8 Å². The summed E-state index contributed by atoms with van der Waals surface area (Å²) < 4.78 is 26.7. The molecule has 6 nitrogen and oxygen atoms in total. The summed E-state index contributed by atoms with van der Waals surface area (Å²) in [7, 11) is -3.63. The number of carbonyl (C=O) groups excluding carboxylic acids is 1. The monoisotopic (exact) mass is 425 g/mol. The Hall–Kier alpha value is -1.93. The van der Waals surface area contributed by atoms with Gasteiger partial charge in [-0.15, -0.1) is 12.4 Å². The summed E-state index contributed by atoms with van der Waals surface area (Å²) in [5, 5.41) is 2.75. The highest BCUT2D eigenvalue weighted by Gasteiger charge is 2.14. The summed E-state index contributed by atoms with van der Waals surface area (Å²) >= 11 is 0. The van der Waals surface area contributed by atoms with Crippen LogP contribution in [0, 0.1) is 0 Å². The summed E-state index contributed by atoms with van der Waals surface area (Å²) in [6.45, 7) is 4.66. The molecule has 0 unspecified atom stereocenters. The van der Waals surface area contributed by atoms with E-state index in [-0.39, 0.29) is 36.3 Å². The van der Waals surface area contributed by atoms with Crippen LogP contribution in [0.3, 0.4) is 0 Å². The molecule has 0 aliphatic heterocycles. The van der Waals surface area contributed by atoms with Crippen LogP contribution in [0.25, 0.3) is 0 Å². The number of aryl methyl sites for hydroxylation is 1. The summed E-state index contributed by atoms with van der Waals surface area (Å²) in [6, 6.07) is 14.4. The van der Waals surface area contributed by atoms with Gasteiger partial charge in [0.05, 0.1) is 4.90 Å². The van der Waals surface area contributed by atoms with E-state index in [0.29, 0.717) is 24.4 Å².